The molecule has 0 aliphatic carbocycles. The molecule has 0 fully saturated rings. The smallest absolute Gasteiger partial charge is 0.220 e. The number of aliphatic hydroxyl groups is 2. The van der Waals surface area contributed by atoms with Gasteiger partial charge in [-0.25, -0.2) is 0 Å². The van der Waals surface area contributed by atoms with Crippen LogP contribution in [0, 0.1) is 0 Å². The molecule has 0 aliphatic rings. The van der Waals surface area contributed by atoms with Gasteiger partial charge >= 0.3 is 0 Å². The van der Waals surface area contributed by atoms with Crippen molar-refractivity contribution in [2.45, 2.75) is 167 Å². The van der Waals surface area contributed by atoms with Crippen LogP contribution in [0.2, 0.25) is 0 Å². The van der Waals surface area contributed by atoms with Crippen molar-refractivity contribution in [2.24, 2.45) is 0 Å². The second kappa shape index (κ2) is 30.2. The molecule has 222 valence electrons. The van der Waals surface area contributed by atoms with Crippen molar-refractivity contribution in [3.63, 3.8) is 0 Å². The van der Waals surface area contributed by atoms with Crippen LogP contribution in [0.3, 0.4) is 0 Å². The summed E-state index contributed by atoms with van der Waals surface area (Å²) in [5, 5.41) is 22.6. The number of amides is 1. The van der Waals surface area contributed by atoms with E-state index < -0.39 is 12.1 Å². The lowest BCUT2D eigenvalue weighted by Crippen LogP contribution is -2.45. The molecule has 0 saturated heterocycles. The molecule has 3 N–H and O–H groups in total. The maximum absolute atomic E-state index is 12.2. The van der Waals surface area contributed by atoms with Gasteiger partial charge in [0.05, 0.1) is 18.8 Å². The SMILES string of the molecule is CCC/C=C/CC/C=C/C(O)C(CO)NC(=O)CCCCCCCCCCC/C=C\CCCCCCCC. The highest BCUT2D eigenvalue weighted by Gasteiger charge is 2.17. The van der Waals surface area contributed by atoms with Gasteiger partial charge in [-0.2, -0.15) is 0 Å². The van der Waals surface area contributed by atoms with Gasteiger partial charge in [-0.1, -0.05) is 134 Å². The van der Waals surface area contributed by atoms with E-state index in [2.05, 4.69) is 43.5 Å². The third-order valence-corrected chi connectivity index (χ3v) is 7.08. The van der Waals surface area contributed by atoms with Crippen LogP contribution in [0.15, 0.2) is 36.5 Å². The Hall–Kier alpha value is -1.39. The van der Waals surface area contributed by atoms with E-state index in [0.29, 0.717) is 6.42 Å². The Morgan fingerprint density at radius 2 is 1.08 bits per heavy atom. The van der Waals surface area contributed by atoms with Gasteiger partial charge in [0.25, 0.3) is 0 Å². The predicted octanol–water partition coefficient (Wildman–Crippen LogP) is 9.12. The van der Waals surface area contributed by atoms with E-state index in [1.54, 1.807) is 6.08 Å². The molecule has 0 radical (unpaired) electrons. The van der Waals surface area contributed by atoms with Crippen LogP contribution < -0.4 is 5.32 Å². The van der Waals surface area contributed by atoms with Crippen LogP contribution in [-0.4, -0.2) is 34.9 Å². The largest absolute Gasteiger partial charge is 0.394 e. The Morgan fingerprint density at radius 1 is 0.605 bits per heavy atom. The zero-order chi connectivity index (χ0) is 27.9. The van der Waals surface area contributed by atoms with E-state index in [0.717, 1.165) is 38.5 Å². The third kappa shape index (κ3) is 26.2. The molecule has 0 aromatic carbocycles. The quantitative estimate of drug-likeness (QED) is 0.0693. The van der Waals surface area contributed by atoms with Crippen LogP contribution in [0.1, 0.15) is 155 Å². The van der Waals surface area contributed by atoms with Gasteiger partial charge in [0.1, 0.15) is 0 Å². The van der Waals surface area contributed by atoms with E-state index in [-0.39, 0.29) is 12.5 Å². The zero-order valence-electron chi connectivity index (χ0n) is 25.2. The Labute approximate surface area is 236 Å². The number of nitrogens with one attached hydrogen (secondary N) is 1. The number of rotatable bonds is 28. The van der Waals surface area contributed by atoms with Gasteiger partial charge in [-0.15, -0.1) is 0 Å². The first kappa shape index (κ1) is 36.6. The molecular formula is C34H63NO3. The lowest BCUT2D eigenvalue weighted by atomic mass is 10.0. The molecule has 38 heavy (non-hydrogen) atoms. The maximum Gasteiger partial charge on any atom is 0.220 e. The summed E-state index contributed by atoms with van der Waals surface area (Å²) < 4.78 is 0. The number of hydrogen-bond donors (Lipinski definition) is 3. The first-order chi connectivity index (χ1) is 18.7. The molecule has 0 bridgehead atoms. The number of unbranched alkanes of at least 4 members (excludes halogenated alkanes) is 17. The topological polar surface area (TPSA) is 69.6 Å². The first-order valence-electron chi connectivity index (χ1n) is 16.2. The summed E-state index contributed by atoms with van der Waals surface area (Å²) in [4.78, 5) is 12.2. The molecule has 0 saturated carbocycles. The van der Waals surface area contributed by atoms with E-state index in [4.69, 9.17) is 0 Å². The fraction of sp³-hybridized carbons (Fsp3) is 0.794. The number of hydrogen-bond acceptors (Lipinski definition) is 3. The Kier molecular flexibility index (Phi) is 29.1. The van der Waals surface area contributed by atoms with Crippen molar-refractivity contribution in [3.8, 4) is 0 Å². The van der Waals surface area contributed by atoms with Crippen molar-refractivity contribution in [2.75, 3.05) is 6.61 Å². The number of carbonyl (C=O) groups is 1. The lowest BCUT2D eigenvalue weighted by Gasteiger charge is -2.19. The molecule has 0 aromatic heterocycles. The van der Waals surface area contributed by atoms with E-state index in [1.807, 2.05) is 6.08 Å². The predicted molar refractivity (Wildman–Crippen MR) is 165 cm³/mol. The molecule has 4 nitrogen and oxygen atoms in total. The zero-order valence-corrected chi connectivity index (χ0v) is 25.2. The van der Waals surface area contributed by atoms with Crippen molar-refractivity contribution < 1.29 is 15.0 Å². The fourth-order valence-electron chi connectivity index (χ4n) is 4.55. The lowest BCUT2D eigenvalue weighted by molar-refractivity contribution is -0.123. The van der Waals surface area contributed by atoms with Crippen LogP contribution in [0.5, 0.6) is 0 Å². The van der Waals surface area contributed by atoms with E-state index >= 15 is 0 Å². The van der Waals surface area contributed by atoms with Crippen LogP contribution in [-0.2, 0) is 4.79 Å². The summed E-state index contributed by atoms with van der Waals surface area (Å²) in [5.74, 6) is -0.0833. The molecule has 0 heterocycles. The van der Waals surface area contributed by atoms with Gasteiger partial charge in [0.15, 0.2) is 0 Å². The van der Waals surface area contributed by atoms with Gasteiger partial charge in [-0.3, -0.25) is 4.79 Å². The maximum atomic E-state index is 12.2. The average molecular weight is 534 g/mol. The average Bonchev–Trinajstić information content (AvgIpc) is 2.92. The van der Waals surface area contributed by atoms with E-state index in [9.17, 15) is 15.0 Å². The molecule has 0 aliphatic heterocycles. The first-order valence-corrected chi connectivity index (χ1v) is 16.2. The second-order valence-corrected chi connectivity index (χ2v) is 10.9. The highest BCUT2D eigenvalue weighted by atomic mass is 16.3. The minimum atomic E-state index is -0.857. The normalized spacial score (nSPS) is 13.7. The summed E-state index contributed by atoms with van der Waals surface area (Å²) in [6, 6.07) is -0.634. The third-order valence-electron chi connectivity index (χ3n) is 7.08. The van der Waals surface area contributed by atoms with Gasteiger partial charge in [0, 0.05) is 6.42 Å². The van der Waals surface area contributed by atoms with Crippen molar-refractivity contribution in [3.05, 3.63) is 36.5 Å². The van der Waals surface area contributed by atoms with Crippen molar-refractivity contribution in [1.29, 1.82) is 0 Å². The molecular weight excluding hydrogens is 470 g/mol. The number of aliphatic hydroxyl groups excluding tert-OH is 2. The van der Waals surface area contributed by atoms with Gasteiger partial charge < -0.3 is 15.5 Å². The molecule has 0 spiro atoms. The number of allylic oxidation sites excluding steroid dienone is 5. The summed E-state index contributed by atoms with van der Waals surface area (Å²) in [5.41, 5.74) is 0. The number of carbonyl (C=O) groups excluding carboxylic acids is 1. The van der Waals surface area contributed by atoms with E-state index in [1.165, 1.54) is 96.3 Å². The highest BCUT2D eigenvalue weighted by molar-refractivity contribution is 5.76. The monoisotopic (exact) mass is 533 g/mol. The summed E-state index contributed by atoms with van der Waals surface area (Å²) in [6.07, 6.45) is 38.1. The van der Waals surface area contributed by atoms with Crippen molar-refractivity contribution in [1.82, 2.24) is 5.32 Å². The molecule has 2 unspecified atom stereocenters. The van der Waals surface area contributed by atoms with Crippen molar-refractivity contribution >= 4 is 5.91 Å². The highest BCUT2D eigenvalue weighted by Crippen LogP contribution is 2.12. The second-order valence-electron chi connectivity index (χ2n) is 10.9. The minimum Gasteiger partial charge on any atom is -0.394 e. The summed E-state index contributed by atoms with van der Waals surface area (Å²) >= 11 is 0. The fourth-order valence-corrected chi connectivity index (χ4v) is 4.55. The Bertz CT molecular complexity index is 584. The molecule has 1 amide bonds. The summed E-state index contributed by atoms with van der Waals surface area (Å²) in [6.45, 7) is 4.17. The Morgan fingerprint density at radius 3 is 1.63 bits per heavy atom. The van der Waals surface area contributed by atoms with Gasteiger partial charge in [-0.05, 0) is 51.4 Å². The minimum absolute atomic E-state index is 0.0833. The standard InChI is InChI=1S/C34H63NO3/c1-3-5-7-9-11-12-13-14-15-16-17-18-19-20-21-22-24-26-28-30-34(38)35-32(31-36)33(37)29-27-25-23-10-8-6-4-2/h8,10,14-15,27,29,32-33,36-37H,3-7,9,11-13,16-26,28,30-31H2,1-2H3,(H,35,38)/b10-8+,15-14-,29-27+. The molecule has 4 heteroatoms. The molecule has 0 rings (SSSR count). The molecule has 0 aromatic rings. The summed E-state index contributed by atoms with van der Waals surface area (Å²) in [7, 11) is 0. The van der Waals surface area contributed by atoms with Crippen LogP contribution in [0.4, 0.5) is 0 Å². The van der Waals surface area contributed by atoms with Crippen LogP contribution in [0.25, 0.3) is 0 Å². The van der Waals surface area contributed by atoms with Crippen LogP contribution >= 0.6 is 0 Å². The van der Waals surface area contributed by atoms with Gasteiger partial charge in [0.2, 0.25) is 5.91 Å². The molecule has 2 atom stereocenters. The Balaban J connectivity index is 3.58.